The number of allylic oxidation sites excluding steroid dienone is 3. The molecule has 2 aromatic carbocycles. The zero-order chi connectivity index (χ0) is 27.7. The molecule has 2 fully saturated rings. The largest absolute Gasteiger partial charge is 0.416 e. The predicted octanol–water partition coefficient (Wildman–Crippen LogP) is 5.61. The van der Waals surface area contributed by atoms with Crippen LogP contribution in [0.25, 0.3) is 5.57 Å². The standard InChI is InChI=1S/C30H33F3N2O3/c1-4-20(2)5-11-26(25-12-10-24(19-21(25)3)30(31,32)33)22-6-8-23(9-7-22)27(36)34-15-17-35(18-16-34)28(37)29(38)13-14-29/h5-12,19,38H,4,13-18H2,1-3H3/b20-5+,26-11-. The van der Waals surface area contributed by atoms with Crippen molar-refractivity contribution < 1.29 is 27.9 Å². The molecule has 0 radical (unpaired) electrons. The lowest BCUT2D eigenvalue weighted by molar-refractivity contribution is -0.144. The van der Waals surface area contributed by atoms with Gasteiger partial charge in [-0.15, -0.1) is 0 Å². The average molecular weight is 527 g/mol. The number of aryl methyl sites for hydroxylation is 1. The van der Waals surface area contributed by atoms with Crippen LogP contribution in [-0.2, 0) is 11.0 Å². The van der Waals surface area contributed by atoms with Crippen molar-refractivity contribution in [2.24, 2.45) is 0 Å². The van der Waals surface area contributed by atoms with Crippen molar-refractivity contribution in [2.75, 3.05) is 26.2 Å². The third-order valence-electron chi connectivity index (χ3n) is 7.35. The molecule has 38 heavy (non-hydrogen) atoms. The van der Waals surface area contributed by atoms with Gasteiger partial charge in [-0.3, -0.25) is 9.59 Å². The van der Waals surface area contributed by atoms with Gasteiger partial charge in [-0.1, -0.05) is 42.8 Å². The maximum atomic E-state index is 13.2. The lowest BCUT2D eigenvalue weighted by Gasteiger charge is -2.35. The van der Waals surface area contributed by atoms with E-state index in [-0.39, 0.29) is 11.8 Å². The lowest BCUT2D eigenvalue weighted by Crippen LogP contribution is -2.53. The molecule has 0 unspecified atom stereocenters. The summed E-state index contributed by atoms with van der Waals surface area (Å²) in [6, 6.07) is 10.8. The molecule has 2 aliphatic rings. The smallest absolute Gasteiger partial charge is 0.380 e. The van der Waals surface area contributed by atoms with Gasteiger partial charge in [0, 0.05) is 31.7 Å². The van der Waals surface area contributed by atoms with Gasteiger partial charge in [-0.25, -0.2) is 0 Å². The van der Waals surface area contributed by atoms with Crippen LogP contribution in [0.3, 0.4) is 0 Å². The molecule has 1 heterocycles. The number of halogens is 3. The molecular formula is C30H33F3N2O3. The van der Waals surface area contributed by atoms with Gasteiger partial charge >= 0.3 is 6.18 Å². The van der Waals surface area contributed by atoms with Gasteiger partial charge in [-0.05, 0) is 79.6 Å². The maximum Gasteiger partial charge on any atom is 0.416 e. The summed E-state index contributed by atoms with van der Waals surface area (Å²) in [4.78, 5) is 28.8. The summed E-state index contributed by atoms with van der Waals surface area (Å²) in [6.07, 6.45) is 1.30. The van der Waals surface area contributed by atoms with Crippen LogP contribution in [0.2, 0.25) is 0 Å². The Kier molecular flexibility index (Phi) is 7.83. The second kappa shape index (κ2) is 10.8. The van der Waals surface area contributed by atoms with Crippen LogP contribution in [0.1, 0.15) is 65.7 Å². The summed E-state index contributed by atoms with van der Waals surface area (Å²) >= 11 is 0. The molecule has 0 bridgehead atoms. The highest BCUT2D eigenvalue weighted by Gasteiger charge is 2.50. The number of amides is 2. The predicted molar refractivity (Wildman–Crippen MR) is 140 cm³/mol. The normalized spacial score (nSPS) is 18.0. The number of nitrogens with zero attached hydrogens (tertiary/aromatic N) is 2. The second-order valence-corrected chi connectivity index (χ2v) is 10.2. The number of hydrogen-bond acceptors (Lipinski definition) is 3. The Hall–Kier alpha value is -3.39. The number of benzene rings is 2. The molecular weight excluding hydrogens is 493 g/mol. The van der Waals surface area contributed by atoms with Crippen LogP contribution in [0.4, 0.5) is 13.2 Å². The maximum absolute atomic E-state index is 13.2. The average Bonchev–Trinajstić information content (AvgIpc) is 3.66. The summed E-state index contributed by atoms with van der Waals surface area (Å²) in [5, 5.41) is 10.1. The molecule has 1 N–H and O–H groups in total. The fraction of sp³-hybridized carbons (Fsp3) is 0.400. The van der Waals surface area contributed by atoms with Crippen molar-refractivity contribution in [1.82, 2.24) is 9.80 Å². The van der Waals surface area contributed by atoms with Crippen LogP contribution in [0.5, 0.6) is 0 Å². The fourth-order valence-corrected chi connectivity index (χ4v) is 4.54. The zero-order valence-corrected chi connectivity index (χ0v) is 21.9. The number of alkyl halides is 3. The topological polar surface area (TPSA) is 60.9 Å². The first kappa shape index (κ1) is 27.6. The van der Waals surface area contributed by atoms with Gasteiger partial charge in [-0.2, -0.15) is 13.2 Å². The Morgan fingerprint density at radius 3 is 2.05 bits per heavy atom. The Labute approximate surface area is 221 Å². The van der Waals surface area contributed by atoms with Gasteiger partial charge < -0.3 is 14.9 Å². The summed E-state index contributed by atoms with van der Waals surface area (Å²) < 4.78 is 39.7. The van der Waals surface area contributed by atoms with E-state index in [1.807, 2.05) is 38.1 Å². The molecule has 2 aromatic rings. The van der Waals surface area contributed by atoms with Gasteiger partial charge in [0.1, 0.15) is 5.60 Å². The number of piperazine rings is 1. The van der Waals surface area contributed by atoms with E-state index in [2.05, 4.69) is 0 Å². The van der Waals surface area contributed by atoms with Crippen molar-refractivity contribution in [3.63, 3.8) is 0 Å². The van der Waals surface area contributed by atoms with Crippen LogP contribution < -0.4 is 0 Å². The van der Waals surface area contributed by atoms with Crippen molar-refractivity contribution in [3.8, 4) is 0 Å². The van der Waals surface area contributed by atoms with E-state index in [4.69, 9.17) is 0 Å². The summed E-state index contributed by atoms with van der Waals surface area (Å²) in [5.74, 6) is -0.397. The van der Waals surface area contributed by atoms with Crippen molar-refractivity contribution in [1.29, 1.82) is 0 Å². The highest BCUT2D eigenvalue weighted by Crippen LogP contribution is 2.37. The van der Waals surface area contributed by atoms with Crippen molar-refractivity contribution in [3.05, 3.63) is 88.0 Å². The summed E-state index contributed by atoms with van der Waals surface area (Å²) in [5.41, 5.74) is 2.50. The first-order chi connectivity index (χ1) is 17.9. The minimum Gasteiger partial charge on any atom is -0.380 e. The van der Waals surface area contributed by atoms with E-state index in [0.717, 1.165) is 35.3 Å². The molecule has 0 aromatic heterocycles. The third-order valence-corrected chi connectivity index (χ3v) is 7.35. The monoisotopic (exact) mass is 526 g/mol. The first-order valence-corrected chi connectivity index (χ1v) is 12.9. The Balaban J connectivity index is 1.54. The Morgan fingerprint density at radius 1 is 0.947 bits per heavy atom. The van der Waals surface area contributed by atoms with Gasteiger partial charge in [0.25, 0.3) is 11.8 Å². The second-order valence-electron chi connectivity index (χ2n) is 10.2. The molecule has 1 saturated heterocycles. The summed E-state index contributed by atoms with van der Waals surface area (Å²) in [6.45, 7) is 7.24. The van der Waals surface area contributed by atoms with E-state index < -0.39 is 17.3 Å². The number of carbonyl (C=O) groups is 2. The van der Waals surface area contributed by atoms with Gasteiger partial charge in [0.15, 0.2) is 0 Å². The SMILES string of the molecule is CC/C(C)=C/C=C(/c1ccc(C(=O)N2CCN(C(=O)C3(O)CC3)CC2)cc1)c1ccc(C(F)(F)F)cc1C. The lowest BCUT2D eigenvalue weighted by atomic mass is 9.91. The van der Waals surface area contributed by atoms with Crippen molar-refractivity contribution >= 4 is 17.4 Å². The van der Waals surface area contributed by atoms with E-state index >= 15 is 0 Å². The molecule has 8 heteroatoms. The molecule has 202 valence electrons. The van der Waals surface area contributed by atoms with Crippen LogP contribution in [-0.4, -0.2) is 58.5 Å². The molecule has 1 saturated carbocycles. The Morgan fingerprint density at radius 2 is 1.53 bits per heavy atom. The van der Waals surface area contributed by atoms with Gasteiger partial charge in [0.05, 0.1) is 5.56 Å². The Bertz CT molecular complexity index is 1270. The molecule has 1 aliphatic heterocycles. The number of hydrogen-bond donors (Lipinski definition) is 1. The molecule has 2 amide bonds. The van der Waals surface area contributed by atoms with E-state index in [1.54, 1.807) is 28.9 Å². The molecule has 1 aliphatic carbocycles. The zero-order valence-electron chi connectivity index (χ0n) is 21.9. The van der Waals surface area contributed by atoms with E-state index in [0.29, 0.717) is 55.7 Å². The van der Waals surface area contributed by atoms with Crippen LogP contribution in [0.15, 0.2) is 60.2 Å². The molecule has 0 spiro atoms. The highest BCUT2D eigenvalue weighted by atomic mass is 19.4. The van der Waals surface area contributed by atoms with E-state index in [9.17, 15) is 27.9 Å². The molecule has 4 rings (SSSR count). The minimum absolute atomic E-state index is 0.147. The number of rotatable bonds is 6. The van der Waals surface area contributed by atoms with Crippen LogP contribution in [0, 0.1) is 6.92 Å². The van der Waals surface area contributed by atoms with Gasteiger partial charge in [0.2, 0.25) is 0 Å². The third kappa shape index (κ3) is 6.01. The number of carbonyl (C=O) groups excluding carboxylic acids is 2. The van der Waals surface area contributed by atoms with Crippen molar-refractivity contribution in [2.45, 2.75) is 51.8 Å². The summed E-state index contributed by atoms with van der Waals surface area (Å²) in [7, 11) is 0. The first-order valence-electron chi connectivity index (χ1n) is 12.9. The quantitative estimate of drug-likeness (QED) is 0.498. The minimum atomic E-state index is -4.41. The highest BCUT2D eigenvalue weighted by molar-refractivity contribution is 5.95. The molecule has 5 nitrogen and oxygen atoms in total. The van der Waals surface area contributed by atoms with E-state index in [1.165, 1.54) is 6.07 Å². The fourth-order valence-electron chi connectivity index (χ4n) is 4.54. The van der Waals surface area contributed by atoms with Crippen LogP contribution >= 0.6 is 0 Å². The molecule has 0 atom stereocenters. The number of aliphatic hydroxyl groups is 1.